The van der Waals surface area contributed by atoms with E-state index in [-0.39, 0.29) is 11.9 Å². The number of benzene rings is 1. The first-order valence-corrected chi connectivity index (χ1v) is 7.27. The molecule has 20 heavy (non-hydrogen) atoms. The van der Waals surface area contributed by atoms with Crippen molar-refractivity contribution in [3.8, 4) is 5.75 Å². The summed E-state index contributed by atoms with van der Waals surface area (Å²) in [7, 11) is 1.68. The van der Waals surface area contributed by atoms with Gasteiger partial charge in [-0.15, -0.1) is 0 Å². The molecule has 0 aromatic heterocycles. The number of carbonyl (C=O) groups is 1. The Morgan fingerprint density at radius 1 is 1.35 bits per heavy atom. The SMILES string of the molecule is COc1ccc(CC2CCN(C(=O)[C@H](C)N)CC2)cc1. The van der Waals surface area contributed by atoms with Gasteiger partial charge in [-0.2, -0.15) is 0 Å². The molecule has 1 heterocycles. The molecule has 0 saturated carbocycles. The minimum absolute atomic E-state index is 0.0768. The van der Waals surface area contributed by atoms with Gasteiger partial charge in [-0.25, -0.2) is 0 Å². The van der Waals surface area contributed by atoms with Crippen LogP contribution < -0.4 is 10.5 Å². The Kier molecular flexibility index (Phi) is 5.01. The average molecular weight is 276 g/mol. The molecule has 0 unspecified atom stereocenters. The number of nitrogens with zero attached hydrogens (tertiary/aromatic N) is 1. The van der Waals surface area contributed by atoms with Gasteiger partial charge in [-0.1, -0.05) is 12.1 Å². The standard InChI is InChI=1S/C16H24N2O2/c1-12(17)16(19)18-9-7-14(8-10-18)11-13-3-5-15(20-2)6-4-13/h3-6,12,14H,7-11,17H2,1-2H3/t12-/m0/s1. The van der Waals surface area contributed by atoms with E-state index in [1.165, 1.54) is 5.56 Å². The van der Waals surface area contributed by atoms with Crippen molar-refractivity contribution in [1.82, 2.24) is 4.90 Å². The molecule has 4 heteroatoms. The van der Waals surface area contributed by atoms with Gasteiger partial charge in [0.1, 0.15) is 5.75 Å². The lowest BCUT2D eigenvalue weighted by molar-refractivity contribution is -0.133. The Morgan fingerprint density at radius 2 is 1.95 bits per heavy atom. The van der Waals surface area contributed by atoms with Gasteiger partial charge in [-0.3, -0.25) is 4.79 Å². The van der Waals surface area contributed by atoms with Crippen LogP contribution in [0, 0.1) is 5.92 Å². The first kappa shape index (κ1) is 14.9. The van der Waals surface area contributed by atoms with Crippen LogP contribution in [0.2, 0.25) is 0 Å². The first-order valence-electron chi connectivity index (χ1n) is 7.27. The Bertz CT molecular complexity index is 434. The Morgan fingerprint density at radius 3 is 2.45 bits per heavy atom. The monoisotopic (exact) mass is 276 g/mol. The number of hydrogen-bond acceptors (Lipinski definition) is 3. The van der Waals surface area contributed by atoms with Gasteiger partial charge in [0.05, 0.1) is 13.2 Å². The molecular weight excluding hydrogens is 252 g/mol. The van der Waals surface area contributed by atoms with Crippen LogP contribution in [-0.2, 0) is 11.2 Å². The zero-order chi connectivity index (χ0) is 14.5. The molecule has 0 bridgehead atoms. The van der Waals surface area contributed by atoms with Crippen molar-refractivity contribution in [3.63, 3.8) is 0 Å². The van der Waals surface area contributed by atoms with Crippen molar-refractivity contribution >= 4 is 5.91 Å². The van der Waals surface area contributed by atoms with Crippen LogP contribution in [0.4, 0.5) is 0 Å². The van der Waals surface area contributed by atoms with Crippen LogP contribution in [-0.4, -0.2) is 37.0 Å². The van der Waals surface area contributed by atoms with Crippen LogP contribution in [0.15, 0.2) is 24.3 Å². The molecular formula is C16H24N2O2. The lowest BCUT2D eigenvalue weighted by atomic mass is 9.90. The molecule has 4 nitrogen and oxygen atoms in total. The Hall–Kier alpha value is -1.55. The van der Waals surface area contributed by atoms with E-state index in [2.05, 4.69) is 12.1 Å². The number of likely N-dealkylation sites (tertiary alicyclic amines) is 1. The van der Waals surface area contributed by atoms with Crippen LogP contribution in [0.1, 0.15) is 25.3 Å². The highest BCUT2D eigenvalue weighted by atomic mass is 16.5. The second-order valence-corrected chi connectivity index (χ2v) is 5.61. The molecule has 0 radical (unpaired) electrons. The summed E-state index contributed by atoms with van der Waals surface area (Å²) in [5.41, 5.74) is 6.99. The summed E-state index contributed by atoms with van der Waals surface area (Å²) in [6.45, 7) is 3.42. The molecule has 110 valence electrons. The highest BCUT2D eigenvalue weighted by Crippen LogP contribution is 2.23. The number of piperidine rings is 1. The van der Waals surface area contributed by atoms with Crippen molar-refractivity contribution in [2.24, 2.45) is 11.7 Å². The molecule has 1 aliphatic heterocycles. The third-order valence-electron chi connectivity index (χ3n) is 4.00. The number of nitrogens with two attached hydrogens (primary N) is 1. The predicted molar refractivity (Wildman–Crippen MR) is 79.7 cm³/mol. The van der Waals surface area contributed by atoms with Gasteiger partial charge in [-0.05, 0) is 49.8 Å². The summed E-state index contributed by atoms with van der Waals surface area (Å²) in [5, 5.41) is 0. The normalized spacial score (nSPS) is 17.9. The summed E-state index contributed by atoms with van der Waals surface area (Å²) in [6, 6.07) is 7.87. The highest BCUT2D eigenvalue weighted by molar-refractivity contribution is 5.81. The maximum Gasteiger partial charge on any atom is 0.239 e. The quantitative estimate of drug-likeness (QED) is 0.912. The van der Waals surface area contributed by atoms with Crippen LogP contribution in [0.3, 0.4) is 0 Å². The Balaban J connectivity index is 1.83. The third kappa shape index (κ3) is 3.73. The second kappa shape index (κ2) is 6.75. The molecule has 1 saturated heterocycles. The fourth-order valence-corrected chi connectivity index (χ4v) is 2.74. The summed E-state index contributed by atoms with van der Waals surface area (Å²) < 4.78 is 5.17. The fourth-order valence-electron chi connectivity index (χ4n) is 2.74. The molecule has 0 spiro atoms. The van der Waals surface area contributed by atoms with Crippen molar-refractivity contribution in [2.75, 3.05) is 20.2 Å². The minimum Gasteiger partial charge on any atom is -0.497 e. The fraction of sp³-hybridized carbons (Fsp3) is 0.562. The van der Waals surface area contributed by atoms with Crippen LogP contribution >= 0.6 is 0 Å². The number of methoxy groups -OCH3 is 1. The van der Waals surface area contributed by atoms with E-state index in [0.29, 0.717) is 5.92 Å². The van der Waals surface area contributed by atoms with E-state index in [0.717, 1.165) is 38.1 Å². The number of hydrogen-bond donors (Lipinski definition) is 1. The highest BCUT2D eigenvalue weighted by Gasteiger charge is 2.24. The van der Waals surface area contributed by atoms with Crippen molar-refractivity contribution in [2.45, 2.75) is 32.2 Å². The number of carbonyl (C=O) groups excluding carboxylic acids is 1. The van der Waals surface area contributed by atoms with E-state index in [1.54, 1.807) is 14.0 Å². The molecule has 1 aromatic carbocycles. The molecule has 1 amide bonds. The number of rotatable bonds is 4. The summed E-state index contributed by atoms with van der Waals surface area (Å²) in [6.07, 6.45) is 3.19. The number of ether oxygens (including phenoxy) is 1. The van der Waals surface area contributed by atoms with E-state index in [4.69, 9.17) is 10.5 Å². The first-order chi connectivity index (χ1) is 9.60. The third-order valence-corrected chi connectivity index (χ3v) is 4.00. The average Bonchev–Trinajstić information content (AvgIpc) is 2.48. The van der Waals surface area contributed by atoms with Gasteiger partial charge < -0.3 is 15.4 Å². The van der Waals surface area contributed by atoms with E-state index in [9.17, 15) is 4.79 Å². The molecule has 1 atom stereocenters. The van der Waals surface area contributed by atoms with Crippen molar-refractivity contribution in [3.05, 3.63) is 29.8 Å². The van der Waals surface area contributed by atoms with Gasteiger partial charge >= 0.3 is 0 Å². The predicted octanol–water partition coefficient (Wildman–Crippen LogP) is 1.82. The van der Waals surface area contributed by atoms with Gasteiger partial charge in [0.25, 0.3) is 0 Å². The topological polar surface area (TPSA) is 55.6 Å². The summed E-state index contributed by atoms with van der Waals surface area (Å²) >= 11 is 0. The number of amides is 1. The van der Waals surface area contributed by atoms with E-state index >= 15 is 0 Å². The zero-order valence-electron chi connectivity index (χ0n) is 12.3. The smallest absolute Gasteiger partial charge is 0.239 e. The maximum absolute atomic E-state index is 11.8. The molecule has 0 aliphatic carbocycles. The molecule has 2 N–H and O–H groups in total. The largest absolute Gasteiger partial charge is 0.497 e. The van der Waals surface area contributed by atoms with Gasteiger partial charge in [0.15, 0.2) is 0 Å². The van der Waals surface area contributed by atoms with Gasteiger partial charge in [0, 0.05) is 13.1 Å². The van der Waals surface area contributed by atoms with Crippen LogP contribution in [0.5, 0.6) is 5.75 Å². The van der Waals surface area contributed by atoms with Crippen molar-refractivity contribution in [1.29, 1.82) is 0 Å². The van der Waals surface area contributed by atoms with Crippen LogP contribution in [0.25, 0.3) is 0 Å². The second-order valence-electron chi connectivity index (χ2n) is 5.61. The minimum atomic E-state index is -0.381. The van der Waals surface area contributed by atoms with E-state index in [1.807, 2.05) is 17.0 Å². The summed E-state index contributed by atoms with van der Waals surface area (Å²) in [4.78, 5) is 13.7. The zero-order valence-corrected chi connectivity index (χ0v) is 12.3. The van der Waals surface area contributed by atoms with Gasteiger partial charge in [0.2, 0.25) is 5.91 Å². The lowest BCUT2D eigenvalue weighted by Crippen LogP contribution is -2.46. The molecule has 2 rings (SSSR count). The molecule has 1 aliphatic rings. The van der Waals surface area contributed by atoms with E-state index < -0.39 is 0 Å². The van der Waals surface area contributed by atoms with Crippen molar-refractivity contribution < 1.29 is 9.53 Å². The molecule has 1 aromatic rings. The lowest BCUT2D eigenvalue weighted by Gasteiger charge is -2.33. The summed E-state index contributed by atoms with van der Waals surface area (Å²) in [5.74, 6) is 1.62. The Labute approximate surface area is 120 Å². The molecule has 1 fully saturated rings. The maximum atomic E-state index is 11.8.